The average molecular weight is 563 g/mol. The van der Waals surface area contributed by atoms with Crippen molar-refractivity contribution >= 4 is 29.9 Å². The molecule has 1 saturated heterocycles. The van der Waals surface area contributed by atoms with E-state index < -0.39 is 0 Å². The van der Waals surface area contributed by atoms with Crippen molar-refractivity contribution in [3.63, 3.8) is 0 Å². The number of H-pyrrole nitrogens is 1. The molecule has 8 nitrogen and oxygen atoms in total. The summed E-state index contributed by atoms with van der Waals surface area (Å²) >= 11 is 0. The largest absolute Gasteiger partial charge is 0.461 e. The fourth-order valence-electron chi connectivity index (χ4n) is 3.93. The van der Waals surface area contributed by atoms with Crippen LogP contribution in [-0.2, 0) is 13.0 Å². The van der Waals surface area contributed by atoms with E-state index in [1.54, 1.807) is 6.26 Å². The normalized spacial score (nSPS) is 15.0. The third kappa shape index (κ3) is 6.80. The number of benzene rings is 1. The lowest BCUT2D eigenvalue weighted by molar-refractivity contribution is 0.172. The van der Waals surface area contributed by atoms with Crippen molar-refractivity contribution in [3.8, 4) is 11.6 Å². The van der Waals surface area contributed by atoms with Crippen molar-refractivity contribution < 1.29 is 4.42 Å². The van der Waals surface area contributed by atoms with E-state index in [0.29, 0.717) is 17.5 Å². The molecule has 9 heteroatoms. The van der Waals surface area contributed by atoms with Crippen LogP contribution in [0.15, 0.2) is 52.1 Å². The van der Waals surface area contributed by atoms with Crippen LogP contribution in [0.3, 0.4) is 0 Å². The molecule has 3 heterocycles. The third-order valence-electron chi connectivity index (χ3n) is 5.85. The number of guanidine groups is 1. The van der Waals surface area contributed by atoms with Gasteiger partial charge in [-0.3, -0.25) is 15.0 Å². The standard InChI is InChI=1S/C24H33N7O.HI/c1-18(2)20-8-6-19(7-9-20)17-30-12-14-31(15-13-30)24(25-3)26-11-10-22-27-23(29-28-22)21-5-4-16-32-21;/h4-9,16,18H,10-15,17H2,1-3H3,(H,25,26)(H,27,28,29);1H. The Bertz CT molecular complexity index is 990. The zero-order chi connectivity index (χ0) is 22.3. The van der Waals surface area contributed by atoms with E-state index in [-0.39, 0.29) is 24.0 Å². The molecule has 1 aliphatic rings. The van der Waals surface area contributed by atoms with Crippen LogP contribution < -0.4 is 5.32 Å². The van der Waals surface area contributed by atoms with E-state index in [1.165, 1.54) is 11.1 Å². The molecule has 4 rings (SSSR count). The monoisotopic (exact) mass is 563 g/mol. The van der Waals surface area contributed by atoms with Crippen LogP contribution in [0, 0.1) is 0 Å². The Morgan fingerprint density at radius 1 is 1.15 bits per heavy atom. The van der Waals surface area contributed by atoms with Gasteiger partial charge in [0.1, 0.15) is 5.82 Å². The third-order valence-corrected chi connectivity index (χ3v) is 5.85. The van der Waals surface area contributed by atoms with Crippen LogP contribution in [0.1, 0.15) is 36.7 Å². The van der Waals surface area contributed by atoms with Gasteiger partial charge in [0.2, 0.25) is 5.82 Å². The molecule has 0 unspecified atom stereocenters. The minimum atomic E-state index is 0. The fraction of sp³-hybridized carbons (Fsp3) is 0.458. The summed E-state index contributed by atoms with van der Waals surface area (Å²) in [7, 11) is 1.84. The summed E-state index contributed by atoms with van der Waals surface area (Å²) in [6.07, 6.45) is 2.36. The molecule has 0 saturated carbocycles. The summed E-state index contributed by atoms with van der Waals surface area (Å²) in [4.78, 5) is 13.8. The number of aliphatic imine (C=N–C) groups is 1. The molecule has 0 bridgehead atoms. The lowest BCUT2D eigenvalue weighted by atomic mass is 10.0. The smallest absolute Gasteiger partial charge is 0.216 e. The van der Waals surface area contributed by atoms with Crippen molar-refractivity contribution in [3.05, 3.63) is 59.6 Å². The van der Waals surface area contributed by atoms with Gasteiger partial charge in [0.15, 0.2) is 11.7 Å². The van der Waals surface area contributed by atoms with E-state index in [2.05, 4.69) is 73.4 Å². The Balaban J connectivity index is 0.00000306. The van der Waals surface area contributed by atoms with Crippen LogP contribution in [0.4, 0.5) is 0 Å². The fourth-order valence-corrected chi connectivity index (χ4v) is 3.93. The molecular formula is C24H34IN7O. The van der Waals surface area contributed by atoms with Gasteiger partial charge in [-0.05, 0) is 29.2 Å². The molecule has 178 valence electrons. The van der Waals surface area contributed by atoms with Gasteiger partial charge in [-0.25, -0.2) is 4.98 Å². The lowest BCUT2D eigenvalue weighted by Crippen LogP contribution is -2.52. The number of piperazine rings is 1. The molecule has 2 aromatic heterocycles. The van der Waals surface area contributed by atoms with Crippen LogP contribution in [-0.4, -0.2) is 70.7 Å². The summed E-state index contributed by atoms with van der Waals surface area (Å²) in [5.74, 6) is 3.60. The second kappa shape index (κ2) is 12.2. The maximum absolute atomic E-state index is 5.34. The molecule has 3 aromatic rings. The SMILES string of the molecule is CN=C(NCCc1nc(-c2ccco2)n[nH]1)N1CCN(Cc2ccc(C(C)C)cc2)CC1.I. The maximum Gasteiger partial charge on any atom is 0.216 e. The molecule has 1 fully saturated rings. The second-order valence-electron chi connectivity index (χ2n) is 8.47. The Labute approximate surface area is 212 Å². The van der Waals surface area contributed by atoms with Gasteiger partial charge in [0, 0.05) is 52.7 Å². The number of nitrogens with zero attached hydrogens (tertiary/aromatic N) is 5. The minimum Gasteiger partial charge on any atom is -0.461 e. The topological polar surface area (TPSA) is 85.6 Å². The molecule has 0 amide bonds. The van der Waals surface area contributed by atoms with Gasteiger partial charge < -0.3 is 14.6 Å². The summed E-state index contributed by atoms with van der Waals surface area (Å²) in [5.41, 5.74) is 2.78. The molecule has 0 radical (unpaired) electrons. The number of aromatic amines is 1. The molecule has 0 aliphatic carbocycles. The van der Waals surface area contributed by atoms with Gasteiger partial charge >= 0.3 is 0 Å². The van der Waals surface area contributed by atoms with Crippen LogP contribution >= 0.6 is 24.0 Å². The van der Waals surface area contributed by atoms with E-state index in [4.69, 9.17) is 4.42 Å². The summed E-state index contributed by atoms with van der Waals surface area (Å²) < 4.78 is 5.34. The maximum atomic E-state index is 5.34. The van der Waals surface area contributed by atoms with E-state index >= 15 is 0 Å². The van der Waals surface area contributed by atoms with Crippen LogP contribution in [0.5, 0.6) is 0 Å². The number of hydrogen-bond donors (Lipinski definition) is 2. The van der Waals surface area contributed by atoms with E-state index in [1.807, 2.05) is 19.2 Å². The molecule has 0 atom stereocenters. The number of nitrogens with one attached hydrogen (secondary N) is 2. The summed E-state index contributed by atoms with van der Waals surface area (Å²) in [6.45, 7) is 10.2. The van der Waals surface area contributed by atoms with Crippen molar-refractivity contribution in [1.29, 1.82) is 0 Å². The Morgan fingerprint density at radius 2 is 1.91 bits per heavy atom. The summed E-state index contributed by atoms with van der Waals surface area (Å²) in [6, 6.07) is 12.7. The van der Waals surface area contributed by atoms with Crippen LogP contribution in [0.2, 0.25) is 0 Å². The highest BCUT2D eigenvalue weighted by Gasteiger charge is 2.19. The second-order valence-corrected chi connectivity index (χ2v) is 8.47. The molecule has 0 spiro atoms. The Hall–Kier alpha value is -2.40. The van der Waals surface area contributed by atoms with Crippen molar-refractivity contribution in [2.75, 3.05) is 39.8 Å². The molecule has 2 N–H and O–H groups in total. The first-order valence-corrected chi connectivity index (χ1v) is 11.3. The van der Waals surface area contributed by atoms with Gasteiger partial charge in [0.05, 0.1) is 6.26 Å². The zero-order valence-corrected chi connectivity index (χ0v) is 22.0. The number of rotatable bonds is 7. The highest BCUT2D eigenvalue weighted by Crippen LogP contribution is 2.17. The van der Waals surface area contributed by atoms with Crippen molar-refractivity contribution in [2.45, 2.75) is 32.7 Å². The predicted octanol–water partition coefficient (Wildman–Crippen LogP) is 3.74. The number of furan rings is 1. The Kier molecular flexibility index (Phi) is 9.30. The van der Waals surface area contributed by atoms with E-state index in [0.717, 1.165) is 57.5 Å². The summed E-state index contributed by atoms with van der Waals surface area (Å²) in [5, 5.41) is 10.7. The highest BCUT2D eigenvalue weighted by molar-refractivity contribution is 14.0. The average Bonchev–Trinajstić information content (AvgIpc) is 3.50. The first-order chi connectivity index (χ1) is 15.6. The first-order valence-electron chi connectivity index (χ1n) is 11.3. The molecule has 1 aliphatic heterocycles. The predicted molar refractivity (Wildman–Crippen MR) is 142 cm³/mol. The van der Waals surface area contributed by atoms with Crippen LogP contribution in [0.25, 0.3) is 11.6 Å². The molecule has 33 heavy (non-hydrogen) atoms. The van der Waals surface area contributed by atoms with Gasteiger partial charge in [0.25, 0.3) is 0 Å². The van der Waals surface area contributed by atoms with Gasteiger partial charge in [-0.2, -0.15) is 5.10 Å². The van der Waals surface area contributed by atoms with Crippen molar-refractivity contribution in [1.82, 2.24) is 30.3 Å². The van der Waals surface area contributed by atoms with Gasteiger partial charge in [-0.1, -0.05) is 38.1 Å². The van der Waals surface area contributed by atoms with Gasteiger partial charge in [-0.15, -0.1) is 24.0 Å². The Morgan fingerprint density at radius 3 is 2.55 bits per heavy atom. The number of hydrogen-bond acceptors (Lipinski definition) is 5. The lowest BCUT2D eigenvalue weighted by Gasteiger charge is -2.36. The number of halogens is 1. The minimum absolute atomic E-state index is 0. The first kappa shape index (κ1) is 25.2. The van der Waals surface area contributed by atoms with Crippen molar-refractivity contribution in [2.24, 2.45) is 4.99 Å². The molecular weight excluding hydrogens is 529 g/mol. The molecule has 1 aromatic carbocycles. The van der Waals surface area contributed by atoms with E-state index in [9.17, 15) is 0 Å². The quantitative estimate of drug-likeness (QED) is 0.259. The highest BCUT2D eigenvalue weighted by atomic mass is 127. The number of aromatic nitrogens is 3. The zero-order valence-electron chi connectivity index (χ0n) is 19.6.